The van der Waals surface area contributed by atoms with Crippen molar-refractivity contribution < 1.29 is 8.42 Å². The highest BCUT2D eigenvalue weighted by Crippen LogP contribution is 2.16. The molecule has 0 aliphatic rings. The van der Waals surface area contributed by atoms with Gasteiger partial charge in [0, 0.05) is 24.0 Å². The number of nitrogens with zero attached hydrogens (tertiary/aromatic N) is 4. The molecule has 126 valence electrons. The molecule has 1 aromatic carbocycles. The molecule has 2 heterocycles. The molecule has 0 aliphatic carbocycles. The number of anilines is 1. The number of halogens is 1. The Morgan fingerprint density at radius 3 is 2.46 bits per heavy atom. The second-order valence-corrected chi connectivity index (χ2v) is 7.31. The zero-order valence-electron chi connectivity index (χ0n) is 12.9. The van der Waals surface area contributed by atoms with E-state index in [4.69, 9.17) is 11.6 Å². The maximum Gasteiger partial charge on any atom is 0.265 e. The lowest BCUT2D eigenvalue weighted by atomic mass is 10.2. The van der Waals surface area contributed by atoms with Crippen LogP contribution in [0.15, 0.2) is 53.9 Å². The summed E-state index contributed by atoms with van der Waals surface area (Å²) in [6.45, 7) is 3.01. The van der Waals surface area contributed by atoms with Gasteiger partial charge in [-0.1, -0.05) is 23.7 Å². The Labute approximate surface area is 144 Å². The predicted molar refractivity (Wildman–Crippen MR) is 91.5 cm³/mol. The van der Waals surface area contributed by atoms with Crippen LogP contribution in [-0.2, 0) is 23.1 Å². The number of aryl methyl sites for hydroxylation is 1. The summed E-state index contributed by atoms with van der Waals surface area (Å²) in [7, 11) is -3.67. The van der Waals surface area contributed by atoms with Crippen molar-refractivity contribution in [3.05, 3.63) is 59.6 Å². The monoisotopic (exact) mass is 365 g/mol. The average molecular weight is 366 g/mol. The van der Waals surface area contributed by atoms with Gasteiger partial charge in [0.1, 0.15) is 4.90 Å². The fourth-order valence-corrected chi connectivity index (χ4v) is 3.26. The Kier molecular flexibility index (Phi) is 4.59. The topological polar surface area (TPSA) is 81.8 Å². The zero-order chi connectivity index (χ0) is 17.2. The van der Waals surface area contributed by atoms with Gasteiger partial charge >= 0.3 is 0 Å². The van der Waals surface area contributed by atoms with Crippen molar-refractivity contribution in [1.82, 2.24) is 19.6 Å². The molecule has 0 bridgehead atoms. The molecular formula is C15H16ClN5O2S. The van der Waals surface area contributed by atoms with Gasteiger partial charge in [-0.05, 0) is 24.6 Å². The van der Waals surface area contributed by atoms with Crippen molar-refractivity contribution in [1.29, 1.82) is 0 Å². The Balaban J connectivity index is 1.72. The van der Waals surface area contributed by atoms with E-state index >= 15 is 0 Å². The van der Waals surface area contributed by atoms with Crippen LogP contribution in [0.5, 0.6) is 0 Å². The van der Waals surface area contributed by atoms with E-state index in [0.717, 1.165) is 5.56 Å². The Hall–Kier alpha value is -2.32. The van der Waals surface area contributed by atoms with Crippen molar-refractivity contribution in [2.45, 2.75) is 24.9 Å². The molecule has 0 aliphatic heterocycles. The minimum atomic E-state index is -3.67. The number of nitrogens with one attached hydrogen (secondary N) is 1. The third-order valence-corrected chi connectivity index (χ3v) is 4.97. The van der Waals surface area contributed by atoms with Gasteiger partial charge in [0.2, 0.25) is 0 Å². The summed E-state index contributed by atoms with van der Waals surface area (Å²) in [5.74, 6) is 0. The van der Waals surface area contributed by atoms with E-state index in [-0.39, 0.29) is 4.90 Å². The summed E-state index contributed by atoms with van der Waals surface area (Å²) in [4.78, 5) is 0.120. The minimum absolute atomic E-state index is 0.120. The van der Waals surface area contributed by atoms with Crippen LogP contribution in [0.1, 0.15) is 12.5 Å². The average Bonchev–Trinajstić information content (AvgIpc) is 3.19. The number of rotatable bonds is 6. The van der Waals surface area contributed by atoms with E-state index in [0.29, 0.717) is 23.8 Å². The summed E-state index contributed by atoms with van der Waals surface area (Å²) in [5, 5.41) is 8.81. The van der Waals surface area contributed by atoms with Crippen molar-refractivity contribution >= 4 is 27.3 Å². The fourth-order valence-electron chi connectivity index (χ4n) is 2.15. The van der Waals surface area contributed by atoms with Gasteiger partial charge in [-0.15, -0.1) is 0 Å². The molecule has 3 aromatic rings. The van der Waals surface area contributed by atoms with Gasteiger partial charge < -0.3 is 0 Å². The van der Waals surface area contributed by atoms with E-state index in [1.807, 2.05) is 19.1 Å². The SMILES string of the molecule is CCn1cc(S(=O)(=O)Nc2cnn(Cc3ccc(Cl)cc3)c2)cn1. The van der Waals surface area contributed by atoms with Crippen LogP contribution in [0, 0.1) is 0 Å². The second kappa shape index (κ2) is 6.66. The first kappa shape index (κ1) is 16.5. The lowest BCUT2D eigenvalue weighted by Crippen LogP contribution is -2.12. The summed E-state index contributed by atoms with van der Waals surface area (Å²) < 4.78 is 30.3. The highest BCUT2D eigenvalue weighted by Gasteiger charge is 2.17. The first-order chi connectivity index (χ1) is 11.5. The van der Waals surface area contributed by atoms with Gasteiger partial charge in [-0.25, -0.2) is 8.42 Å². The molecular weight excluding hydrogens is 350 g/mol. The third kappa shape index (κ3) is 3.77. The predicted octanol–water partition coefficient (Wildman–Crippen LogP) is 2.60. The number of hydrogen-bond donors (Lipinski definition) is 1. The van der Waals surface area contributed by atoms with Crippen molar-refractivity contribution in [2.75, 3.05) is 4.72 Å². The molecule has 3 rings (SSSR count). The first-order valence-corrected chi connectivity index (χ1v) is 9.14. The van der Waals surface area contributed by atoms with Crippen LogP contribution >= 0.6 is 11.6 Å². The first-order valence-electron chi connectivity index (χ1n) is 7.28. The van der Waals surface area contributed by atoms with Crippen LogP contribution in [0.25, 0.3) is 0 Å². The number of hydrogen-bond acceptors (Lipinski definition) is 4. The van der Waals surface area contributed by atoms with E-state index < -0.39 is 10.0 Å². The summed E-state index contributed by atoms with van der Waals surface area (Å²) >= 11 is 5.86. The maximum atomic E-state index is 12.3. The van der Waals surface area contributed by atoms with Crippen LogP contribution in [-0.4, -0.2) is 28.0 Å². The van der Waals surface area contributed by atoms with Gasteiger partial charge in [-0.3, -0.25) is 14.1 Å². The molecule has 1 N–H and O–H groups in total. The smallest absolute Gasteiger partial charge is 0.265 e. The number of sulfonamides is 1. The Morgan fingerprint density at radius 2 is 1.79 bits per heavy atom. The highest BCUT2D eigenvalue weighted by molar-refractivity contribution is 7.92. The number of aromatic nitrogens is 4. The van der Waals surface area contributed by atoms with Gasteiger partial charge in [-0.2, -0.15) is 10.2 Å². The van der Waals surface area contributed by atoms with Gasteiger partial charge in [0.15, 0.2) is 0 Å². The molecule has 7 nitrogen and oxygen atoms in total. The molecule has 0 fully saturated rings. The van der Waals surface area contributed by atoms with E-state index in [9.17, 15) is 8.42 Å². The fraction of sp³-hybridized carbons (Fsp3) is 0.200. The van der Waals surface area contributed by atoms with Crippen molar-refractivity contribution in [3.8, 4) is 0 Å². The molecule has 0 spiro atoms. The van der Waals surface area contributed by atoms with Crippen LogP contribution in [0.3, 0.4) is 0 Å². The molecule has 0 saturated carbocycles. The molecule has 0 saturated heterocycles. The van der Waals surface area contributed by atoms with Crippen molar-refractivity contribution in [2.24, 2.45) is 0 Å². The highest BCUT2D eigenvalue weighted by atomic mass is 35.5. The third-order valence-electron chi connectivity index (χ3n) is 3.39. The normalized spacial score (nSPS) is 11.6. The Bertz CT molecular complexity index is 931. The molecule has 0 amide bonds. The van der Waals surface area contributed by atoms with Crippen LogP contribution in [0.4, 0.5) is 5.69 Å². The summed E-state index contributed by atoms with van der Waals surface area (Å²) in [6, 6.07) is 7.39. The lowest BCUT2D eigenvalue weighted by Gasteiger charge is -2.03. The van der Waals surface area contributed by atoms with E-state index in [2.05, 4.69) is 14.9 Å². The molecule has 24 heavy (non-hydrogen) atoms. The number of benzene rings is 1. The molecule has 0 radical (unpaired) electrons. The lowest BCUT2D eigenvalue weighted by molar-refractivity contribution is 0.600. The summed E-state index contributed by atoms with van der Waals surface area (Å²) in [6.07, 6.45) is 5.92. The quantitative estimate of drug-likeness (QED) is 0.728. The van der Waals surface area contributed by atoms with Crippen LogP contribution in [0.2, 0.25) is 5.02 Å². The van der Waals surface area contributed by atoms with Crippen molar-refractivity contribution in [3.63, 3.8) is 0 Å². The van der Waals surface area contributed by atoms with E-state index in [1.54, 1.807) is 27.7 Å². The largest absolute Gasteiger partial charge is 0.276 e. The van der Waals surface area contributed by atoms with E-state index in [1.165, 1.54) is 18.6 Å². The molecule has 2 aromatic heterocycles. The van der Waals surface area contributed by atoms with Gasteiger partial charge in [0.05, 0.1) is 24.6 Å². The minimum Gasteiger partial charge on any atom is -0.276 e. The van der Waals surface area contributed by atoms with Crippen LogP contribution < -0.4 is 4.72 Å². The Morgan fingerprint density at radius 1 is 1.08 bits per heavy atom. The maximum absolute atomic E-state index is 12.3. The molecule has 0 unspecified atom stereocenters. The van der Waals surface area contributed by atoms with Gasteiger partial charge in [0.25, 0.3) is 10.0 Å². The zero-order valence-corrected chi connectivity index (χ0v) is 14.5. The standard InChI is InChI=1S/C15H16ClN5O2S/c1-2-20-11-15(8-18-20)24(22,23)19-14-7-17-21(10-14)9-12-3-5-13(16)6-4-12/h3-8,10-11,19H,2,9H2,1H3. The second-order valence-electron chi connectivity index (χ2n) is 5.19. The molecule has 0 atom stereocenters. The molecule has 9 heteroatoms. The summed E-state index contributed by atoms with van der Waals surface area (Å²) in [5.41, 5.74) is 1.41.